The van der Waals surface area contributed by atoms with E-state index in [-0.39, 0.29) is 0 Å². The Balaban J connectivity index is 2.14. The number of rotatable bonds is 1. The predicted octanol–water partition coefficient (Wildman–Crippen LogP) is 2.30. The van der Waals surface area contributed by atoms with Crippen LogP contribution in [0.15, 0.2) is 18.2 Å². The maximum Gasteiger partial charge on any atom is 0.114 e. The topological polar surface area (TPSA) is 29.9 Å². The third kappa shape index (κ3) is 1.51. The molecule has 0 amide bonds. The first-order valence-electron chi connectivity index (χ1n) is 5.58. The average Bonchev–Trinajstić information content (AvgIpc) is 2.86. The lowest BCUT2D eigenvalue weighted by atomic mass is 10.1. The number of nitrogens with zero attached hydrogens (tertiary/aromatic N) is 2. The molecule has 3 nitrogen and oxygen atoms in total. The maximum absolute atomic E-state index is 5.98. The number of benzene rings is 1. The quantitative estimate of drug-likeness (QED) is 0.822. The van der Waals surface area contributed by atoms with Crippen LogP contribution in [0.5, 0.6) is 0 Å². The van der Waals surface area contributed by atoms with Crippen LogP contribution in [0.3, 0.4) is 0 Å². The summed E-state index contributed by atoms with van der Waals surface area (Å²) in [7, 11) is 2.08. The van der Waals surface area contributed by atoms with Crippen molar-refractivity contribution >= 4 is 22.6 Å². The van der Waals surface area contributed by atoms with E-state index in [1.54, 1.807) is 0 Å². The molecule has 4 heteroatoms. The minimum Gasteiger partial charge on any atom is -0.331 e. The van der Waals surface area contributed by atoms with Gasteiger partial charge < -0.3 is 9.88 Å². The molecule has 0 radical (unpaired) electrons. The van der Waals surface area contributed by atoms with Crippen molar-refractivity contribution in [2.45, 2.75) is 12.3 Å². The Morgan fingerprint density at radius 1 is 1.50 bits per heavy atom. The van der Waals surface area contributed by atoms with Crippen molar-refractivity contribution in [1.29, 1.82) is 0 Å². The third-order valence-electron chi connectivity index (χ3n) is 3.30. The van der Waals surface area contributed by atoms with Crippen LogP contribution in [0.1, 0.15) is 18.2 Å². The lowest BCUT2D eigenvalue weighted by Crippen LogP contribution is -2.11. The molecule has 1 N–H and O–H groups in total. The molecule has 0 aliphatic carbocycles. The van der Waals surface area contributed by atoms with Gasteiger partial charge in [-0.15, -0.1) is 0 Å². The second-order valence-electron chi connectivity index (χ2n) is 4.35. The molecule has 2 aromatic rings. The van der Waals surface area contributed by atoms with Crippen molar-refractivity contribution in [3.05, 3.63) is 29.0 Å². The van der Waals surface area contributed by atoms with E-state index in [4.69, 9.17) is 16.6 Å². The van der Waals surface area contributed by atoms with Gasteiger partial charge >= 0.3 is 0 Å². The van der Waals surface area contributed by atoms with Crippen LogP contribution in [0, 0.1) is 0 Å². The minimum atomic E-state index is 0.538. The number of nitrogens with one attached hydrogen (secondary N) is 1. The summed E-state index contributed by atoms with van der Waals surface area (Å²) in [6.45, 7) is 2.12. The van der Waals surface area contributed by atoms with Crippen LogP contribution in [-0.2, 0) is 7.05 Å². The molecule has 1 aromatic carbocycles. The van der Waals surface area contributed by atoms with Gasteiger partial charge in [0.1, 0.15) is 5.82 Å². The summed E-state index contributed by atoms with van der Waals surface area (Å²) >= 11 is 5.98. The van der Waals surface area contributed by atoms with Gasteiger partial charge in [0.15, 0.2) is 0 Å². The third-order valence-corrected chi connectivity index (χ3v) is 3.54. The molecule has 1 unspecified atom stereocenters. The van der Waals surface area contributed by atoms with Crippen LogP contribution < -0.4 is 5.32 Å². The first-order valence-corrected chi connectivity index (χ1v) is 5.96. The lowest BCUT2D eigenvalue weighted by Gasteiger charge is -2.07. The van der Waals surface area contributed by atoms with Crippen LogP contribution in [0.4, 0.5) is 0 Å². The highest BCUT2D eigenvalue weighted by Crippen LogP contribution is 2.26. The molecule has 1 saturated heterocycles. The first kappa shape index (κ1) is 10.1. The Morgan fingerprint density at radius 3 is 3.12 bits per heavy atom. The molecular weight excluding hydrogens is 222 g/mol. The maximum atomic E-state index is 5.98. The number of hydrogen-bond donors (Lipinski definition) is 1. The van der Waals surface area contributed by atoms with Crippen molar-refractivity contribution < 1.29 is 0 Å². The Hall–Kier alpha value is -1.06. The molecule has 1 fully saturated rings. The zero-order chi connectivity index (χ0) is 11.1. The predicted molar refractivity (Wildman–Crippen MR) is 66.0 cm³/mol. The van der Waals surface area contributed by atoms with Crippen LogP contribution in [-0.4, -0.2) is 22.6 Å². The van der Waals surface area contributed by atoms with Gasteiger partial charge in [0.25, 0.3) is 0 Å². The second-order valence-corrected chi connectivity index (χ2v) is 4.79. The van der Waals surface area contributed by atoms with E-state index in [1.165, 1.54) is 12.2 Å². The highest BCUT2D eigenvalue weighted by Gasteiger charge is 2.21. The lowest BCUT2D eigenvalue weighted by molar-refractivity contribution is 0.667. The van der Waals surface area contributed by atoms with Crippen molar-refractivity contribution in [2.75, 3.05) is 13.1 Å². The highest BCUT2D eigenvalue weighted by molar-refractivity contribution is 6.31. The normalized spacial score (nSPS) is 20.8. The van der Waals surface area contributed by atoms with E-state index in [0.29, 0.717) is 5.92 Å². The summed E-state index contributed by atoms with van der Waals surface area (Å²) in [4.78, 5) is 4.69. The fraction of sp³-hybridized carbons (Fsp3) is 0.417. The van der Waals surface area contributed by atoms with E-state index in [0.717, 1.165) is 29.1 Å². The number of aryl methyl sites for hydroxylation is 1. The zero-order valence-corrected chi connectivity index (χ0v) is 9.96. The molecule has 1 aromatic heterocycles. The Morgan fingerprint density at radius 2 is 2.38 bits per heavy atom. The van der Waals surface area contributed by atoms with Gasteiger partial charge in [-0.05, 0) is 31.2 Å². The summed E-state index contributed by atoms with van der Waals surface area (Å²) in [5.74, 6) is 1.71. The molecule has 1 aliphatic heterocycles. The van der Waals surface area contributed by atoms with Crippen LogP contribution in [0.2, 0.25) is 5.02 Å². The highest BCUT2D eigenvalue weighted by atomic mass is 35.5. The molecule has 3 rings (SSSR count). The molecule has 0 spiro atoms. The summed E-state index contributed by atoms with van der Waals surface area (Å²) in [5, 5.41) is 4.13. The Labute approximate surface area is 99.4 Å². The van der Waals surface area contributed by atoms with E-state index in [2.05, 4.69) is 16.9 Å². The van der Waals surface area contributed by atoms with Crippen molar-refractivity contribution in [1.82, 2.24) is 14.9 Å². The standard InChI is InChI=1S/C12H14ClN3/c1-16-11-3-2-9(13)6-10(11)15-12(16)8-4-5-14-7-8/h2-3,6,8,14H,4-5,7H2,1H3. The van der Waals surface area contributed by atoms with Gasteiger partial charge in [-0.2, -0.15) is 0 Å². The van der Waals surface area contributed by atoms with Crippen molar-refractivity contribution in [3.63, 3.8) is 0 Å². The Kier molecular flexibility index (Phi) is 2.37. The fourth-order valence-electron chi connectivity index (χ4n) is 2.43. The van der Waals surface area contributed by atoms with Gasteiger partial charge in [-0.25, -0.2) is 4.98 Å². The molecule has 1 aliphatic rings. The first-order chi connectivity index (χ1) is 7.75. The average molecular weight is 236 g/mol. The van der Waals surface area contributed by atoms with Gasteiger partial charge in [0.2, 0.25) is 0 Å². The van der Waals surface area contributed by atoms with Crippen molar-refractivity contribution in [2.24, 2.45) is 7.05 Å². The number of aromatic nitrogens is 2. The van der Waals surface area contributed by atoms with E-state index in [1.807, 2.05) is 18.2 Å². The zero-order valence-electron chi connectivity index (χ0n) is 9.20. The Bertz CT molecular complexity index is 526. The largest absolute Gasteiger partial charge is 0.331 e. The van der Waals surface area contributed by atoms with Crippen molar-refractivity contribution in [3.8, 4) is 0 Å². The molecule has 0 bridgehead atoms. The SMILES string of the molecule is Cn1c(C2CCNC2)nc2cc(Cl)ccc21. The molecule has 0 saturated carbocycles. The van der Waals surface area contributed by atoms with Gasteiger partial charge in [0.05, 0.1) is 11.0 Å². The number of hydrogen-bond acceptors (Lipinski definition) is 2. The van der Waals surface area contributed by atoms with Gasteiger partial charge in [0, 0.05) is 24.5 Å². The number of halogens is 1. The van der Waals surface area contributed by atoms with Gasteiger partial charge in [-0.1, -0.05) is 11.6 Å². The molecule has 16 heavy (non-hydrogen) atoms. The van der Waals surface area contributed by atoms with Gasteiger partial charge in [-0.3, -0.25) is 0 Å². The summed E-state index contributed by atoms with van der Waals surface area (Å²) in [5.41, 5.74) is 2.16. The summed E-state index contributed by atoms with van der Waals surface area (Å²) in [6, 6.07) is 5.89. The summed E-state index contributed by atoms with van der Waals surface area (Å²) in [6.07, 6.45) is 1.17. The monoisotopic (exact) mass is 235 g/mol. The van der Waals surface area contributed by atoms with E-state index in [9.17, 15) is 0 Å². The summed E-state index contributed by atoms with van der Waals surface area (Å²) < 4.78 is 2.18. The number of fused-ring (bicyclic) bond motifs is 1. The molecule has 2 heterocycles. The molecular formula is C12H14ClN3. The van der Waals surface area contributed by atoms with E-state index >= 15 is 0 Å². The van der Waals surface area contributed by atoms with Crippen LogP contribution >= 0.6 is 11.6 Å². The molecule has 1 atom stereocenters. The van der Waals surface area contributed by atoms with E-state index < -0.39 is 0 Å². The fourth-order valence-corrected chi connectivity index (χ4v) is 2.60. The second kappa shape index (κ2) is 3.75. The number of imidazole rings is 1. The minimum absolute atomic E-state index is 0.538. The smallest absolute Gasteiger partial charge is 0.114 e. The molecule has 84 valence electrons. The van der Waals surface area contributed by atoms with Crippen LogP contribution in [0.25, 0.3) is 11.0 Å².